The maximum absolute atomic E-state index is 12.3. The molecule has 1 aromatic carbocycles. The highest BCUT2D eigenvalue weighted by atomic mass is 19.3. The molecular weight excluding hydrogens is 252 g/mol. The number of carbonyl (C=O) groups is 1. The lowest BCUT2D eigenvalue weighted by molar-refractivity contribution is 0.0672. The van der Waals surface area contributed by atoms with Gasteiger partial charge in [0, 0.05) is 6.07 Å². The monoisotopic (exact) mass is 263 g/mol. The lowest BCUT2D eigenvalue weighted by Crippen LogP contribution is -2.12. The first-order valence-electron chi connectivity index (χ1n) is 5.63. The number of nitrogens with zero attached hydrogens (tertiary/aromatic N) is 1. The van der Waals surface area contributed by atoms with Crippen LogP contribution in [-0.4, -0.2) is 17.2 Å². The summed E-state index contributed by atoms with van der Waals surface area (Å²) in [5.74, 6) is -1.15. The largest absolute Gasteiger partial charge is 0.473 e. The van der Waals surface area contributed by atoms with Gasteiger partial charge in [0.1, 0.15) is 12.3 Å². The van der Waals surface area contributed by atoms with Crippen LogP contribution in [0.5, 0.6) is 5.88 Å². The summed E-state index contributed by atoms with van der Waals surface area (Å²) in [5.41, 5.74) is 0.635. The summed E-state index contributed by atoms with van der Waals surface area (Å²) in [6, 6.07) is 13.6. The van der Waals surface area contributed by atoms with Crippen molar-refractivity contribution >= 4 is 5.78 Å². The molecule has 0 aliphatic carbocycles. The van der Waals surface area contributed by atoms with Crippen molar-refractivity contribution in [3.63, 3.8) is 0 Å². The molecule has 5 heteroatoms. The minimum absolute atomic E-state index is 0.148. The highest BCUT2D eigenvalue weighted by molar-refractivity contribution is 5.96. The minimum atomic E-state index is -3.06. The van der Waals surface area contributed by atoms with E-state index in [2.05, 4.69) is 4.98 Å². The molecule has 0 spiro atoms. The Kier molecular flexibility index (Phi) is 4.18. The number of hydrogen-bond donors (Lipinski definition) is 0. The number of halogens is 2. The Morgan fingerprint density at radius 2 is 1.84 bits per heavy atom. The van der Waals surface area contributed by atoms with Gasteiger partial charge in [-0.25, -0.2) is 13.8 Å². The van der Waals surface area contributed by atoms with Crippen LogP contribution in [0, 0.1) is 0 Å². The molecular formula is C14H11F2NO2. The average molecular weight is 263 g/mol. The molecule has 19 heavy (non-hydrogen) atoms. The molecule has 0 saturated carbocycles. The normalized spacial score (nSPS) is 10.5. The summed E-state index contributed by atoms with van der Waals surface area (Å²) in [5, 5.41) is 0. The number of aromatic nitrogens is 1. The van der Waals surface area contributed by atoms with Gasteiger partial charge in [-0.2, -0.15) is 0 Å². The molecule has 0 fully saturated rings. The Labute approximate surface area is 108 Å². The van der Waals surface area contributed by atoms with Gasteiger partial charge in [-0.15, -0.1) is 0 Å². The molecule has 0 amide bonds. The fourth-order valence-electron chi connectivity index (χ4n) is 1.48. The van der Waals surface area contributed by atoms with Crippen molar-refractivity contribution in [2.75, 3.05) is 0 Å². The lowest BCUT2D eigenvalue weighted by Gasteiger charge is -2.06. The third kappa shape index (κ3) is 3.58. The first kappa shape index (κ1) is 13.1. The van der Waals surface area contributed by atoms with Gasteiger partial charge < -0.3 is 4.74 Å². The van der Waals surface area contributed by atoms with Gasteiger partial charge in [-0.05, 0) is 11.6 Å². The summed E-state index contributed by atoms with van der Waals surface area (Å²) in [6.07, 6.45) is -3.06. The predicted molar refractivity (Wildman–Crippen MR) is 65.3 cm³/mol. The van der Waals surface area contributed by atoms with Crippen molar-refractivity contribution in [2.45, 2.75) is 13.0 Å². The highest BCUT2D eigenvalue weighted by Gasteiger charge is 2.19. The standard InChI is InChI=1S/C14H11F2NO2/c15-14(16)13(18)11-7-4-8-12(17-11)19-9-10-5-2-1-3-6-10/h1-8,14H,9H2. The maximum atomic E-state index is 12.3. The van der Waals surface area contributed by atoms with E-state index in [-0.39, 0.29) is 18.2 Å². The van der Waals surface area contributed by atoms with Gasteiger partial charge in [-0.1, -0.05) is 36.4 Å². The summed E-state index contributed by atoms with van der Waals surface area (Å²) < 4.78 is 29.9. The molecule has 2 rings (SSSR count). The van der Waals surface area contributed by atoms with Crippen molar-refractivity contribution in [3.05, 3.63) is 59.8 Å². The smallest absolute Gasteiger partial charge is 0.302 e. The van der Waals surface area contributed by atoms with Gasteiger partial charge in [-0.3, -0.25) is 4.79 Å². The second kappa shape index (κ2) is 6.04. The van der Waals surface area contributed by atoms with Crippen LogP contribution in [0.25, 0.3) is 0 Å². The van der Waals surface area contributed by atoms with Crippen molar-refractivity contribution in [3.8, 4) is 5.88 Å². The van der Waals surface area contributed by atoms with Crippen molar-refractivity contribution in [2.24, 2.45) is 0 Å². The molecule has 98 valence electrons. The molecule has 0 aliphatic rings. The minimum Gasteiger partial charge on any atom is -0.473 e. The number of Topliss-reactive ketones (excluding diaryl/α,β-unsaturated/α-hetero) is 1. The highest BCUT2D eigenvalue weighted by Crippen LogP contribution is 2.13. The zero-order valence-electron chi connectivity index (χ0n) is 9.92. The predicted octanol–water partition coefficient (Wildman–Crippen LogP) is 3.11. The Balaban J connectivity index is 2.05. The molecule has 0 atom stereocenters. The van der Waals surface area contributed by atoms with Gasteiger partial charge in [0.25, 0.3) is 0 Å². The SMILES string of the molecule is O=C(c1cccc(OCc2ccccc2)n1)C(F)F. The topological polar surface area (TPSA) is 39.2 Å². The Bertz CT molecular complexity index is 558. The number of hydrogen-bond acceptors (Lipinski definition) is 3. The van der Waals surface area contributed by atoms with Crippen LogP contribution in [-0.2, 0) is 6.61 Å². The third-order valence-corrected chi connectivity index (χ3v) is 2.40. The van der Waals surface area contributed by atoms with Crippen LogP contribution >= 0.6 is 0 Å². The first-order chi connectivity index (χ1) is 9.16. The van der Waals surface area contributed by atoms with Crippen LogP contribution in [0.4, 0.5) is 8.78 Å². The quantitative estimate of drug-likeness (QED) is 0.778. The second-order valence-corrected chi connectivity index (χ2v) is 3.80. The van der Waals surface area contributed by atoms with E-state index in [0.717, 1.165) is 5.56 Å². The molecule has 3 nitrogen and oxygen atoms in total. The number of pyridine rings is 1. The summed E-state index contributed by atoms with van der Waals surface area (Å²) in [6.45, 7) is 0.264. The van der Waals surface area contributed by atoms with Crippen molar-refractivity contribution < 1.29 is 18.3 Å². The Morgan fingerprint density at radius 1 is 1.11 bits per heavy atom. The summed E-state index contributed by atoms with van der Waals surface area (Å²) in [7, 11) is 0. The fourth-order valence-corrected chi connectivity index (χ4v) is 1.48. The van der Waals surface area contributed by atoms with E-state index in [1.54, 1.807) is 0 Å². The van der Waals surface area contributed by atoms with E-state index in [9.17, 15) is 13.6 Å². The molecule has 1 heterocycles. The number of carbonyl (C=O) groups excluding carboxylic acids is 1. The molecule has 0 N–H and O–H groups in total. The first-order valence-corrected chi connectivity index (χ1v) is 5.63. The number of ether oxygens (including phenoxy) is 1. The van der Waals surface area contributed by atoms with Crippen LogP contribution in [0.1, 0.15) is 16.1 Å². The Hall–Kier alpha value is -2.30. The molecule has 0 aliphatic heterocycles. The molecule has 0 unspecified atom stereocenters. The van der Waals surface area contributed by atoms with E-state index in [1.807, 2.05) is 30.3 Å². The van der Waals surface area contributed by atoms with Gasteiger partial charge in [0.05, 0.1) is 0 Å². The van der Waals surface area contributed by atoms with Crippen LogP contribution in [0.2, 0.25) is 0 Å². The van der Waals surface area contributed by atoms with E-state index < -0.39 is 12.2 Å². The molecule has 0 saturated heterocycles. The second-order valence-electron chi connectivity index (χ2n) is 3.80. The van der Waals surface area contributed by atoms with Gasteiger partial charge in [0.15, 0.2) is 0 Å². The van der Waals surface area contributed by atoms with Crippen molar-refractivity contribution in [1.29, 1.82) is 0 Å². The van der Waals surface area contributed by atoms with Crippen LogP contribution in [0.3, 0.4) is 0 Å². The van der Waals surface area contributed by atoms with Gasteiger partial charge in [0.2, 0.25) is 11.7 Å². The molecule has 2 aromatic rings. The zero-order valence-corrected chi connectivity index (χ0v) is 9.92. The fraction of sp³-hybridized carbons (Fsp3) is 0.143. The van der Waals surface area contributed by atoms with E-state index in [1.165, 1.54) is 18.2 Å². The Morgan fingerprint density at radius 3 is 2.53 bits per heavy atom. The van der Waals surface area contributed by atoms with Crippen molar-refractivity contribution in [1.82, 2.24) is 4.98 Å². The van der Waals surface area contributed by atoms with E-state index >= 15 is 0 Å². The number of benzene rings is 1. The molecule has 0 bridgehead atoms. The van der Waals surface area contributed by atoms with Crippen LogP contribution < -0.4 is 4.74 Å². The number of rotatable bonds is 5. The lowest BCUT2D eigenvalue weighted by atomic mass is 10.2. The third-order valence-electron chi connectivity index (χ3n) is 2.40. The van der Waals surface area contributed by atoms with Crippen LogP contribution in [0.15, 0.2) is 48.5 Å². The van der Waals surface area contributed by atoms with E-state index in [0.29, 0.717) is 0 Å². The van der Waals surface area contributed by atoms with E-state index in [4.69, 9.17) is 4.74 Å². The molecule has 1 aromatic heterocycles. The average Bonchev–Trinajstić information content (AvgIpc) is 2.45. The number of ketones is 1. The summed E-state index contributed by atoms with van der Waals surface area (Å²) in [4.78, 5) is 14.9. The summed E-state index contributed by atoms with van der Waals surface area (Å²) >= 11 is 0. The number of alkyl halides is 2. The maximum Gasteiger partial charge on any atom is 0.302 e. The zero-order chi connectivity index (χ0) is 13.7. The van der Waals surface area contributed by atoms with Gasteiger partial charge >= 0.3 is 6.43 Å². The molecule has 0 radical (unpaired) electrons.